The number of benzene rings is 1. The molecule has 0 aromatic heterocycles. The Labute approximate surface area is 93.8 Å². The van der Waals surface area contributed by atoms with Gasteiger partial charge in [0.25, 0.3) is 0 Å². The summed E-state index contributed by atoms with van der Waals surface area (Å²) in [7, 11) is -3.79. The van der Waals surface area contributed by atoms with Crippen LogP contribution in [0.3, 0.4) is 0 Å². The summed E-state index contributed by atoms with van der Waals surface area (Å²) in [5.41, 5.74) is 0.303. The molecule has 0 fully saturated rings. The molecule has 0 heterocycles. The molecular formula is C9H14N2O4S. The summed E-state index contributed by atoms with van der Waals surface area (Å²) in [4.78, 5) is -0.0415. The largest absolute Gasteiger partial charge is 0.394 e. The Hall–Kier alpha value is -1.15. The van der Waals surface area contributed by atoms with Crippen molar-refractivity contribution in [1.82, 2.24) is 0 Å². The second-order valence-corrected chi connectivity index (χ2v) is 4.79. The van der Waals surface area contributed by atoms with Crippen LogP contribution in [0, 0.1) is 0 Å². The lowest BCUT2D eigenvalue weighted by atomic mass is 10.3. The molecule has 7 heteroatoms. The molecule has 5 N–H and O–H groups in total. The van der Waals surface area contributed by atoms with Gasteiger partial charge in [-0.1, -0.05) is 12.1 Å². The van der Waals surface area contributed by atoms with E-state index in [9.17, 15) is 8.42 Å². The van der Waals surface area contributed by atoms with Crippen molar-refractivity contribution in [3.8, 4) is 0 Å². The normalized spacial score (nSPS) is 13.4. The third-order valence-corrected chi connectivity index (χ3v) is 2.90. The molecule has 0 spiro atoms. The average molecular weight is 246 g/mol. The molecule has 0 aliphatic heterocycles. The molecule has 0 aliphatic carbocycles. The molecule has 0 saturated carbocycles. The first-order chi connectivity index (χ1) is 7.45. The standard InChI is InChI=1S/C9H14N2O4S/c10-16(14,15)9-4-2-1-3-8(9)11-5-7(13)6-12/h1-4,7,11-13H,5-6H2,(H2,10,14,15). The first-order valence-corrected chi connectivity index (χ1v) is 6.14. The molecule has 1 rings (SSSR count). The van der Waals surface area contributed by atoms with Crippen molar-refractivity contribution in [2.24, 2.45) is 5.14 Å². The molecule has 0 saturated heterocycles. The molecule has 0 radical (unpaired) electrons. The van der Waals surface area contributed by atoms with Gasteiger partial charge < -0.3 is 15.5 Å². The topological polar surface area (TPSA) is 113 Å². The second-order valence-electron chi connectivity index (χ2n) is 3.26. The lowest BCUT2D eigenvalue weighted by Gasteiger charge is -2.12. The average Bonchev–Trinajstić information content (AvgIpc) is 2.25. The summed E-state index contributed by atoms with van der Waals surface area (Å²) in [6.07, 6.45) is -0.950. The molecule has 0 amide bonds. The van der Waals surface area contributed by atoms with Crippen molar-refractivity contribution < 1.29 is 18.6 Å². The molecule has 0 aliphatic rings. The fourth-order valence-corrected chi connectivity index (χ4v) is 1.87. The van der Waals surface area contributed by atoms with Gasteiger partial charge in [-0.25, -0.2) is 13.6 Å². The number of hydrogen-bond donors (Lipinski definition) is 4. The number of rotatable bonds is 5. The highest BCUT2D eigenvalue weighted by molar-refractivity contribution is 7.89. The lowest BCUT2D eigenvalue weighted by molar-refractivity contribution is 0.105. The van der Waals surface area contributed by atoms with Crippen molar-refractivity contribution in [2.75, 3.05) is 18.5 Å². The van der Waals surface area contributed by atoms with Gasteiger partial charge in [-0.05, 0) is 12.1 Å². The lowest BCUT2D eigenvalue weighted by Crippen LogP contribution is -2.24. The van der Waals surface area contributed by atoms with E-state index in [2.05, 4.69) is 5.32 Å². The zero-order chi connectivity index (χ0) is 12.2. The van der Waals surface area contributed by atoms with E-state index in [1.165, 1.54) is 12.1 Å². The molecule has 6 nitrogen and oxygen atoms in total. The van der Waals surface area contributed by atoms with Gasteiger partial charge in [0.05, 0.1) is 18.4 Å². The van der Waals surface area contributed by atoms with Crippen LogP contribution in [-0.4, -0.2) is 37.9 Å². The van der Waals surface area contributed by atoms with Crippen LogP contribution >= 0.6 is 0 Å². The minimum absolute atomic E-state index is 0.0415. The third kappa shape index (κ3) is 3.46. The summed E-state index contributed by atoms with van der Waals surface area (Å²) in [6, 6.07) is 6.09. The molecule has 1 aromatic carbocycles. The van der Waals surface area contributed by atoms with Crippen LogP contribution in [0.15, 0.2) is 29.2 Å². The minimum Gasteiger partial charge on any atom is -0.394 e. The third-order valence-electron chi connectivity index (χ3n) is 1.93. The number of nitrogens with one attached hydrogen (secondary N) is 1. The number of primary sulfonamides is 1. The Kier molecular flexibility index (Phi) is 4.25. The Bertz CT molecular complexity index is 447. The maximum Gasteiger partial charge on any atom is 0.240 e. The number of aliphatic hydroxyl groups is 2. The number of nitrogens with two attached hydrogens (primary N) is 1. The van der Waals surface area contributed by atoms with E-state index in [0.29, 0.717) is 5.69 Å². The van der Waals surface area contributed by atoms with Crippen LogP contribution in [0.1, 0.15) is 0 Å². The first kappa shape index (κ1) is 12.9. The van der Waals surface area contributed by atoms with E-state index in [-0.39, 0.29) is 11.4 Å². The number of hydrogen-bond acceptors (Lipinski definition) is 5. The smallest absolute Gasteiger partial charge is 0.240 e. The van der Waals surface area contributed by atoms with E-state index < -0.39 is 22.7 Å². The van der Waals surface area contributed by atoms with Crippen LogP contribution < -0.4 is 10.5 Å². The molecule has 1 aromatic rings. The Balaban J connectivity index is 2.88. The van der Waals surface area contributed by atoms with Gasteiger partial charge in [0.15, 0.2) is 0 Å². The highest BCUT2D eigenvalue weighted by Gasteiger charge is 2.13. The monoisotopic (exact) mass is 246 g/mol. The number of anilines is 1. The number of sulfonamides is 1. The van der Waals surface area contributed by atoms with Crippen LogP contribution in [0.2, 0.25) is 0 Å². The molecule has 90 valence electrons. The van der Waals surface area contributed by atoms with Crippen molar-refractivity contribution in [1.29, 1.82) is 0 Å². The summed E-state index contributed by atoms with van der Waals surface area (Å²) >= 11 is 0. The fourth-order valence-electron chi connectivity index (χ4n) is 1.15. The van der Waals surface area contributed by atoms with Crippen LogP contribution in [0.4, 0.5) is 5.69 Å². The Morgan fingerprint density at radius 2 is 2.00 bits per heavy atom. The van der Waals surface area contributed by atoms with E-state index in [1.807, 2.05) is 0 Å². The molecular weight excluding hydrogens is 232 g/mol. The van der Waals surface area contributed by atoms with E-state index in [0.717, 1.165) is 0 Å². The van der Waals surface area contributed by atoms with Gasteiger partial charge in [0, 0.05) is 6.54 Å². The van der Waals surface area contributed by atoms with Gasteiger partial charge in [-0.2, -0.15) is 0 Å². The van der Waals surface area contributed by atoms with Gasteiger partial charge in [0.1, 0.15) is 4.90 Å². The minimum atomic E-state index is -3.79. The van der Waals surface area contributed by atoms with Gasteiger partial charge in [0.2, 0.25) is 10.0 Å². The zero-order valence-electron chi connectivity index (χ0n) is 8.50. The SMILES string of the molecule is NS(=O)(=O)c1ccccc1NCC(O)CO. The summed E-state index contributed by atoms with van der Waals surface area (Å²) in [5, 5.41) is 25.4. The van der Waals surface area contributed by atoms with Crippen LogP contribution in [-0.2, 0) is 10.0 Å². The first-order valence-electron chi connectivity index (χ1n) is 4.59. The van der Waals surface area contributed by atoms with Gasteiger partial charge >= 0.3 is 0 Å². The maximum absolute atomic E-state index is 11.2. The quantitative estimate of drug-likeness (QED) is 0.538. The fraction of sp³-hybridized carbons (Fsp3) is 0.333. The summed E-state index contributed by atoms with van der Waals surface area (Å²) in [5.74, 6) is 0. The highest BCUT2D eigenvalue weighted by Crippen LogP contribution is 2.18. The number of aliphatic hydroxyl groups excluding tert-OH is 2. The maximum atomic E-state index is 11.2. The van der Waals surface area contributed by atoms with Gasteiger partial charge in [-0.15, -0.1) is 0 Å². The predicted octanol–water partition coefficient (Wildman–Crippen LogP) is -0.901. The van der Waals surface area contributed by atoms with Gasteiger partial charge in [-0.3, -0.25) is 0 Å². The van der Waals surface area contributed by atoms with Crippen molar-refractivity contribution in [2.45, 2.75) is 11.0 Å². The number of para-hydroxylation sites is 1. The van der Waals surface area contributed by atoms with E-state index >= 15 is 0 Å². The summed E-state index contributed by atoms with van der Waals surface area (Å²) < 4.78 is 22.4. The predicted molar refractivity (Wildman–Crippen MR) is 59.4 cm³/mol. The Morgan fingerprint density at radius 1 is 1.38 bits per heavy atom. The van der Waals surface area contributed by atoms with Crippen molar-refractivity contribution >= 4 is 15.7 Å². The molecule has 0 bridgehead atoms. The van der Waals surface area contributed by atoms with Crippen LogP contribution in [0.5, 0.6) is 0 Å². The Morgan fingerprint density at radius 3 is 2.56 bits per heavy atom. The molecule has 1 atom stereocenters. The highest BCUT2D eigenvalue weighted by atomic mass is 32.2. The van der Waals surface area contributed by atoms with E-state index in [4.69, 9.17) is 15.4 Å². The second kappa shape index (κ2) is 5.26. The summed E-state index contributed by atoms with van der Waals surface area (Å²) in [6.45, 7) is -0.354. The van der Waals surface area contributed by atoms with Crippen molar-refractivity contribution in [3.05, 3.63) is 24.3 Å². The van der Waals surface area contributed by atoms with E-state index in [1.54, 1.807) is 12.1 Å². The molecule has 16 heavy (non-hydrogen) atoms. The van der Waals surface area contributed by atoms with Crippen molar-refractivity contribution in [3.63, 3.8) is 0 Å². The molecule has 1 unspecified atom stereocenters. The zero-order valence-corrected chi connectivity index (χ0v) is 9.31. The van der Waals surface area contributed by atoms with Crippen LogP contribution in [0.25, 0.3) is 0 Å².